The molecule has 150 valence electrons. The highest BCUT2D eigenvalue weighted by Gasteiger charge is 2.28. The number of methoxy groups -OCH3 is 1. The number of rotatable bonds is 7. The topological polar surface area (TPSA) is 78.2 Å². The van der Waals surface area contributed by atoms with Gasteiger partial charge in [0.05, 0.1) is 7.11 Å². The molecule has 3 N–H and O–H groups in total. The highest BCUT2D eigenvalue weighted by molar-refractivity contribution is 7.71. The quantitative estimate of drug-likeness (QED) is 0.510. The van der Waals surface area contributed by atoms with Gasteiger partial charge < -0.3 is 24.3 Å². The Kier molecular flexibility index (Phi) is 5.74. The molecular formula is C19H27N5O3S+2. The lowest BCUT2D eigenvalue weighted by molar-refractivity contribution is -1.02. The molecule has 8 nitrogen and oxygen atoms in total. The lowest BCUT2D eigenvalue weighted by Crippen LogP contribution is -3.28. The van der Waals surface area contributed by atoms with Crippen LogP contribution in [0.4, 0.5) is 0 Å². The molecule has 2 heterocycles. The van der Waals surface area contributed by atoms with E-state index in [9.17, 15) is 4.79 Å². The van der Waals surface area contributed by atoms with E-state index in [-0.39, 0.29) is 5.91 Å². The van der Waals surface area contributed by atoms with Crippen LogP contribution in [-0.2, 0) is 11.5 Å². The first-order chi connectivity index (χ1) is 13.6. The van der Waals surface area contributed by atoms with Gasteiger partial charge in [-0.15, -0.1) is 5.10 Å². The Morgan fingerprint density at radius 2 is 1.93 bits per heavy atom. The molecule has 0 spiro atoms. The summed E-state index contributed by atoms with van der Waals surface area (Å²) in [5.74, 6) is 1.49. The molecule has 2 fully saturated rings. The Balaban J connectivity index is 1.30. The second-order valence-corrected chi connectivity index (χ2v) is 7.93. The Morgan fingerprint density at radius 1 is 1.25 bits per heavy atom. The van der Waals surface area contributed by atoms with Crippen molar-refractivity contribution in [2.24, 2.45) is 0 Å². The van der Waals surface area contributed by atoms with Gasteiger partial charge in [-0.1, -0.05) is 0 Å². The number of carbonyl (C=O) groups excluding carboxylic acids is 1. The SMILES string of the molecule is COc1ccc(-c2nn(C[NH+]3CC[NH+](CC(=O)NC4CC4)CC3)c(=S)o2)cc1. The van der Waals surface area contributed by atoms with Gasteiger partial charge in [0, 0.05) is 11.6 Å². The zero-order chi connectivity index (χ0) is 19.5. The van der Waals surface area contributed by atoms with E-state index >= 15 is 0 Å². The van der Waals surface area contributed by atoms with E-state index in [4.69, 9.17) is 21.4 Å². The zero-order valence-electron chi connectivity index (χ0n) is 16.1. The third-order valence-corrected chi connectivity index (χ3v) is 5.63. The van der Waals surface area contributed by atoms with Gasteiger partial charge in [0.1, 0.15) is 31.9 Å². The van der Waals surface area contributed by atoms with Gasteiger partial charge in [-0.05, 0) is 49.3 Å². The van der Waals surface area contributed by atoms with E-state index < -0.39 is 0 Å². The van der Waals surface area contributed by atoms with Crippen LogP contribution in [0.3, 0.4) is 0 Å². The molecular weight excluding hydrogens is 378 g/mol. The normalized spacial score (nSPS) is 22.0. The number of benzene rings is 1. The number of amides is 1. The number of hydrogen-bond donors (Lipinski definition) is 3. The number of nitrogens with zero attached hydrogens (tertiary/aromatic N) is 2. The molecule has 2 aliphatic rings. The van der Waals surface area contributed by atoms with Crippen molar-refractivity contribution in [1.29, 1.82) is 0 Å². The van der Waals surface area contributed by atoms with E-state index in [1.165, 1.54) is 9.80 Å². The summed E-state index contributed by atoms with van der Waals surface area (Å²) in [5, 5.41) is 7.62. The lowest BCUT2D eigenvalue weighted by atomic mass is 10.2. The van der Waals surface area contributed by atoms with Crippen LogP contribution in [0.2, 0.25) is 0 Å². The van der Waals surface area contributed by atoms with Crippen LogP contribution in [0.1, 0.15) is 12.8 Å². The van der Waals surface area contributed by atoms with Crippen LogP contribution in [0.5, 0.6) is 5.75 Å². The molecule has 1 saturated carbocycles. The van der Waals surface area contributed by atoms with E-state index in [1.54, 1.807) is 11.8 Å². The largest absolute Gasteiger partial charge is 0.497 e. The second kappa shape index (κ2) is 8.42. The number of piperazine rings is 1. The lowest BCUT2D eigenvalue weighted by Gasteiger charge is -2.28. The minimum atomic E-state index is 0.184. The van der Waals surface area contributed by atoms with Crippen LogP contribution < -0.4 is 19.9 Å². The molecule has 1 aromatic heterocycles. The van der Waals surface area contributed by atoms with E-state index in [2.05, 4.69) is 10.4 Å². The second-order valence-electron chi connectivity index (χ2n) is 7.58. The summed E-state index contributed by atoms with van der Waals surface area (Å²) in [4.78, 5) is 15.1. The maximum absolute atomic E-state index is 12.0. The first-order valence-corrected chi connectivity index (χ1v) is 10.2. The van der Waals surface area contributed by atoms with Gasteiger partial charge >= 0.3 is 0 Å². The molecule has 1 aliphatic heterocycles. The van der Waals surface area contributed by atoms with Crippen molar-refractivity contribution >= 4 is 18.1 Å². The van der Waals surface area contributed by atoms with Crippen LogP contribution in [0.25, 0.3) is 11.5 Å². The zero-order valence-corrected chi connectivity index (χ0v) is 16.9. The minimum Gasteiger partial charge on any atom is -0.497 e. The van der Waals surface area contributed by atoms with Crippen molar-refractivity contribution in [3.05, 3.63) is 29.1 Å². The van der Waals surface area contributed by atoms with Gasteiger partial charge in [0.25, 0.3) is 10.7 Å². The number of carbonyl (C=O) groups is 1. The third kappa shape index (κ3) is 4.78. The number of nitrogens with one attached hydrogen (secondary N) is 3. The third-order valence-electron chi connectivity index (χ3n) is 5.33. The van der Waals surface area contributed by atoms with Crippen molar-refractivity contribution in [3.63, 3.8) is 0 Å². The highest BCUT2D eigenvalue weighted by atomic mass is 32.1. The molecule has 28 heavy (non-hydrogen) atoms. The predicted octanol–water partition coefficient (Wildman–Crippen LogP) is -1.10. The van der Waals surface area contributed by atoms with Gasteiger partial charge in [-0.25, -0.2) is 0 Å². The van der Waals surface area contributed by atoms with Crippen molar-refractivity contribution in [2.75, 3.05) is 39.8 Å². The molecule has 0 bridgehead atoms. The molecule has 0 radical (unpaired) electrons. The number of ether oxygens (including phenoxy) is 1. The first-order valence-electron chi connectivity index (χ1n) is 9.79. The summed E-state index contributed by atoms with van der Waals surface area (Å²) in [6.07, 6.45) is 2.27. The standard InChI is InChI=1S/C19H25N5O3S/c1-26-16-6-2-14(3-7-16)18-21-24(19(28)27-18)13-23-10-8-22(9-11-23)12-17(25)20-15-4-5-15/h2-3,6-7,15H,4-5,8-13H2,1H3,(H,20,25)/p+2. The number of quaternary nitrogens is 2. The van der Waals surface area contributed by atoms with Crippen LogP contribution in [0.15, 0.2) is 28.7 Å². The van der Waals surface area contributed by atoms with Crippen LogP contribution >= 0.6 is 12.2 Å². The summed E-state index contributed by atoms with van der Waals surface area (Å²) in [6, 6.07) is 8.00. The van der Waals surface area contributed by atoms with Crippen LogP contribution in [0, 0.1) is 4.84 Å². The van der Waals surface area contributed by atoms with E-state index in [1.807, 2.05) is 24.3 Å². The summed E-state index contributed by atoms with van der Waals surface area (Å²) in [6.45, 7) is 5.18. The van der Waals surface area contributed by atoms with Crippen LogP contribution in [-0.4, -0.2) is 61.6 Å². The van der Waals surface area contributed by atoms with Crippen molar-refractivity contribution < 1.29 is 23.7 Å². The fraction of sp³-hybridized carbons (Fsp3) is 0.526. The Labute approximate surface area is 169 Å². The average Bonchev–Trinajstić information content (AvgIpc) is 3.44. The molecule has 4 rings (SSSR count). The molecule has 0 atom stereocenters. The highest BCUT2D eigenvalue weighted by Crippen LogP contribution is 2.21. The van der Waals surface area contributed by atoms with Crippen molar-refractivity contribution in [3.8, 4) is 17.2 Å². The molecule has 1 amide bonds. The molecule has 2 aromatic rings. The summed E-state index contributed by atoms with van der Waals surface area (Å²) >= 11 is 5.35. The fourth-order valence-electron chi connectivity index (χ4n) is 3.49. The Morgan fingerprint density at radius 3 is 2.57 bits per heavy atom. The Hall–Kier alpha value is -2.23. The van der Waals surface area contributed by atoms with E-state index in [0.717, 1.165) is 50.3 Å². The monoisotopic (exact) mass is 405 g/mol. The molecule has 1 saturated heterocycles. The average molecular weight is 406 g/mol. The fourth-order valence-corrected chi connectivity index (χ4v) is 3.68. The van der Waals surface area contributed by atoms with Crippen molar-refractivity contribution in [2.45, 2.75) is 25.6 Å². The van der Waals surface area contributed by atoms with Gasteiger partial charge in [0.15, 0.2) is 13.2 Å². The Bertz CT molecular complexity index is 866. The van der Waals surface area contributed by atoms with Gasteiger partial charge in [-0.2, -0.15) is 4.68 Å². The smallest absolute Gasteiger partial charge is 0.292 e. The molecule has 9 heteroatoms. The van der Waals surface area contributed by atoms with Gasteiger partial charge in [-0.3, -0.25) is 4.79 Å². The van der Waals surface area contributed by atoms with E-state index in [0.29, 0.717) is 30.0 Å². The molecule has 1 aromatic carbocycles. The minimum absolute atomic E-state index is 0.184. The maximum atomic E-state index is 12.0. The van der Waals surface area contributed by atoms with Crippen molar-refractivity contribution in [1.82, 2.24) is 15.1 Å². The van der Waals surface area contributed by atoms with Gasteiger partial charge in [0.2, 0.25) is 5.89 Å². The predicted molar refractivity (Wildman–Crippen MR) is 105 cm³/mol. The number of hydrogen-bond acceptors (Lipinski definition) is 5. The molecule has 1 aliphatic carbocycles. The number of aromatic nitrogens is 2. The maximum Gasteiger partial charge on any atom is 0.292 e. The first kappa shape index (κ1) is 19.1. The summed E-state index contributed by atoms with van der Waals surface area (Å²) < 4.78 is 12.6. The summed E-state index contributed by atoms with van der Waals surface area (Å²) in [7, 11) is 1.64. The molecule has 0 unspecified atom stereocenters. The summed E-state index contributed by atoms with van der Waals surface area (Å²) in [5.41, 5.74) is 0.872.